The average molecular weight is 402 g/mol. The second-order valence-corrected chi connectivity index (χ2v) is 8.23. The number of halogens is 3. The Morgan fingerprint density at radius 1 is 1.26 bits per heavy atom. The van der Waals surface area contributed by atoms with Gasteiger partial charge in [-0.1, -0.05) is 18.7 Å². The van der Waals surface area contributed by atoms with Gasteiger partial charge in [0.25, 0.3) is 0 Å². The zero-order chi connectivity index (χ0) is 19.9. The van der Waals surface area contributed by atoms with Crippen LogP contribution in [0.5, 0.6) is 5.75 Å². The molecule has 1 spiro atoms. The molecule has 2 heterocycles. The SMILES string of the molecule is C=CS(=O)(=O)N1CCC2(C=C(c3cccc(OC(F)(F)F)c3)NC2=O)CC1. The highest BCUT2D eigenvalue weighted by Gasteiger charge is 2.45. The maximum atomic E-state index is 12.5. The first-order chi connectivity index (χ1) is 12.5. The molecule has 2 aliphatic rings. The summed E-state index contributed by atoms with van der Waals surface area (Å²) in [5.74, 6) is -0.682. The number of carbonyl (C=O) groups is 1. The molecule has 2 aliphatic heterocycles. The standard InChI is InChI=1S/C17H17F3N2O4S/c1-2-27(24,25)22-8-6-16(7-9-22)11-14(21-15(16)23)12-4-3-5-13(10-12)26-17(18,19)20/h2-5,10-11H,1,6-9H2,(H,21,23). The largest absolute Gasteiger partial charge is 0.573 e. The second-order valence-electron chi connectivity index (χ2n) is 6.35. The molecule has 0 aliphatic carbocycles. The molecule has 1 fully saturated rings. The molecule has 1 saturated heterocycles. The van der Waals surface area contributed by atoms with Gasteiger partial charge in [-0.25, -0.2) is 8.42 Å². The lowest BCUT2D eigenvalue weighted by atomic mass is 9.79. The fourth-order valence-corrected chi connectivity index (χ4v) is 4.16. The quantitative estimate of drug-likeness (QED) is 0.840. The number of sulfonamides is 1. The molecule has 0 aromatic heterocycles. The summed E-state index contributed by atoms with van der Waals surface area (Å²) >= 11 is 0. The van der Waals surface area contributed by atoms with Crippen molar-refractivity contribution in [2.75, 3.05) is 13.1 Å². The molecule has 1 aromatic carbocycles. The summed E-state index contributed by atoms with van der Waals surface area (Å²) in [5.41, 5.74) is -0.126. The second kappa shape index (κ2) is 6.68. The Kier molecular flexibility index (Phi) is 4.81. The first-order valence-electron chi connectivity index (χ1n) is 8.08. The van der Waals surface area contributed by atoms with Crippen molar-refractivity contribution >= 4 is 21.6 Å². The molecule has 0 atom stereocenters. The summed E-state index contributed by atoms with van der Waals surface area (Å²) in [6.45, 7) is 3.60. The maximum Gasteiger partial charge on any atom is 0.573 e. The van der Waals surface area contributed by atoms with Crippen LogP contribution in [0.4, 0.5) is 13.2 Å². The number of amides is 1. The molecule has 6 nitrogen and oxygen atoms in total. The van der Waals surface area contributed by atoms with Crippen molar-refractivity contribution in [2.24, 2.45) is 5.41 Å². The number of piperidine rings is 1. The monoisotopic (exact) mass is 402 g/mol. The number of rotatable bonds is 4. The molecule has 1 aromatic rings. The van der Waals surface area contributed by atoms with Crippen LogP contribution in [-0.2, 0) is 14.8 Å². The number of alkyl halides is 3. The smallest absolute Gasteiger partial charge is 0.406 e. The molecule has 146 valence electrons. The Morgan fingerprint density at radius 2 is 1.93 bits per heavy atom. The summed E-state index contributed by atoms with van der Waals surface area (Å²) in [5, 5.41) is 3.55. The summed E-state index contributed by atoms with van der Waals surface area (Å²) in [6, 6.07) is 5.32. The van der Waals surface area contributed by atoms with E-state index in [2.05, 4.69) is 16.6 Å². The third-order valence-corrected chi connectivity index (χ3v) is 6.19. The normalized spacial score (nSPS) is 20.3. The molecule has 10 heteroatoms. The van der Waals surface area contributed by atoms with Gasteiger partial charge >= 0.3 is 6.36 Å². The fourth-order valence-electron chi connectivity index (χ4n) is 3.26. The molecule has 0 saturated carbocycles. The van der Waals surface area contributed by atoms with Crippen molar-refractivity contribution in [3.63, 3.8) is 0 Å². The van der Waals surface area contributed by atoms with Gasteiger partial charge in [-0.3, -0.25) is 4.79 Å². The third kappa shape index (κ3) is 4.01. The predicted molar refractivity (Wildman–Crippen MR) is 91.6 cm³/mol. The number of carbonyl (C=O) groups excluding carboxylic acids is 1. The fraction of sp³-hybridized carbons (Fsp3) is 0.353. The van der Waals surface area contributed by atoms with Gasteiger partial charge in [-0.2, -0.15) is 4.31 Å². The lowest BCUT2D eigenvalue weighted by Crippen LogP contribution is -2.45. The van der Waals surface area contributed by atoms with Crippen LogP contribution < -0.4 is 10.1 Å². The molecular weight excluding hydrogens is 385 g/mol. The highest BCUT2D eigenvalue weighted by atomic mass is 32.2. The van der Waals surface area contributed by atoms with Crippen molar-refractivity contribution in [3.05, 3.63) is 47.9 Å². The van der Waals surface area contributed by atoms with Gasteiger partial charge in [0.1, 0.15) is 5.75 Å². The van der Waals surface area contributed by atoms with Gasteiger partial charge in [0.05, 0.1) is 5.41 Å². The topological polar surface area (TPSA) is 75.7 Å². The summed E-state index contributed by atoms with van der Waals surface area (Å²) in [6.07, 6.45) is -2.60. The molecular formula is C17H17F3N2O4S. The van der Waals surface area contributed by atoms with E-state index in [1.54, 1.807) is 12.1 Å². The van der Waals surface area contributed by atoms with Crippen LogP contribution in [0.15, 0.2) is 42.3 Å². The summed E-state index contributed by atoms with van der Waals surface area (Å²) in [4.78, 5) is 12.5. The van der Waals surface area contributed by atoms with Gasteiger partial charge in [-0.15, -0.1) is 13.2 Å². The van der Waals surface area contributed by atoms with Gasteiger partial charge < -0.3 is 10.1 Å². The number of ether oxygens (including phenoxy) is 1. The van der Waals surface area contributed by atoms with E-state index in [1.165, 1.54) is 22.5 Å². The van der Waals surface area contributed by atoms with E-state index in [0.29, 0.717) is 11.3 Å². The Bertz CT molecular complexity index is 901. The van der Waals surface area contributed by atoms with Crippen LogP contribution >= 0.6 is 0 Å². The number of hydrogen-bond donors (Lipinski definition) is 1. The van der Waals surface area contributed by atoms with Crippen LogP contribution in [-0.4, -0.2) is 38.1 Å². The number of nitrogens with zero attached hydrogens (tertiary/aromatic N) is 1. The average Bonchev–Trinajstić information content (AvgIpc) is 2.90. The lowest BCUT2D eigenvalue weighted by molar-refractivity contribution is -0.274. The Balaban J connectivity index is 1.81. The zero-order valence-corrected chi connectivity index (χ0v) is 14.9. The minimum Gasteiger partial charge on any atom is -0.406 e. The Hall–Kier alpha value is -2.33. The Morgan fingerprint density at radius 3 is 2.52 bits per heavy atom. The third-order valence-electron chi connectivity index (χ3n) is 4.68. The molecule has 0 bridgehead atoms. The maximum absolute atomic E-state index is 12.5. The van der Waals surface area contributed by atoms with Crippen molar-refractivity contribution in [1.82, 2.24) is 9.62 Å². The van der Waals surface area contributed by atoms with E-state index in [0.717, 1.165) is 5.41 Å². The number of benzene rings is 1. The van der Waals surface area contributed by atoms with Crippen molar-refractivity contribution < 1.29 is 31.1 Å². The van der Waals surface area contributed by atoms with E-state index >= 15 is 0 Å². The van der Waals surface area contributed by atoms with Gasteiger partial charge in [-0.05, 0) is 31.1 Å². The van der Waals surface area contributed by atoms with Crippen LogP contribution in [0, 0.1) is 5.41 Å². The van der Waals surface area contributed by atoms with Gasteiger partial charge in [0.15, 0.2) is 0 Å². The van der Waals surface area contributed by atoms with Crippen LogP contribution in [0.2, 0.25) is 0 Å². The van der Waals surface area contributed by atoms with Crippen molar-refractivity contribution in [2.45, 2.75) is 19.2 Å². The van der Waals surface area contributed by atoms with Crippen molar-refractivity contribution in [1.29, 1.82) is 0 Å². The molecule has 0 unspecified atom stereocenters. The highest BCUT2D eigenvalue weighted by molar-refractivity contribution is 7.92. The molecule has 0 radical (unpaired) electrons. The lowest BCUT2D eigenvalue weighted by Gasteiger charge is -2.35. The number of nitrogens with one attached hydrogen (secondary N) is 1. The van der Waals surface area contributed by atoms with E-state index < -0.39 is 21.8 Å². The molecule has 1 N–H and O–H groups in total. The van der Waals surface area contributed by atoms with Gasteiger partial charge in [0, 0.05) is 29.8 Å². The van der Waals surface area contributed by atoms with E-state index in [-0.39, 0.29) is 37.6 Å². The zero-order valence-electron chi connectivity index (χ0n) is 14.1. The predicted octanol–water partition coefficient (Wildman–Crippen LogP) is 2.61. The minimum atomic E-state index is -4.81. The summed E-state index contributed by atoms with van der Waals surface area (Å²) < 4.78 is 66.1. The first kappa shape index (κ1) is 19.4. The molecule has 3 rings (SSSR count). The highest BCUT2D eigenvalue weighted by Crippen LogP contribution is 2.41. The van der Waals surface area contributed by atoms with Crippen LogP contribution in [0.1, 0.15) is 18.4 Å². The Labute approximate surface area is 154 Å². The van der Waals surface area contributed by atoms with Crippen LogP contribution in [0.25, 0.3) is 5.70 Å². The first-order valence-corrected chi connectivity index (χ1v) is 9.58. The van der Waals surface area contributed by atoms with Crippen molar-refractivity contribution in [3.8, 4) is 5.75 Å². The van der Waals surface area contributed by atoms with E-state index in [9.17, 15) is 26.4 Å². The number of hydrogen-bond acceptors (Lipinski definition) is 4. The van der Waals surface area contributed by atoms with E-state index in [4.69, 9.17) is 0 Å². The van der Waals surface area contributed by atoms with Gasteiger partial charge in [0.2, 0.25) is 15.9 Å². The minimum absolute atomic E-state index is 0.156. The van der Waals surface area contributed by atoms with Crippen LogP contribution in [0.3, 0.4) is 0 Å². The molecule has 1 amide bonds. The molecule has 27 heavy (non-hydrogen) atoms. The van der Waals surface area contributed by atoms with E-state index in [1.807, 2.05) is 0 Å². The summed E-state index contributed by atoms with van der Waals surface area (Å²) in [7, 11) is -3.55.